The third-order valence-electron chi connectivity index (χ3n) is 3.85. The molecule has 1 aliphatic rings. The van der Waals surface area contributed by atoms with Crippen LogP contribution in [0.2, 0.25) is 0 Å². The second-order valence-corrected chi connectivity index (χ2v) is 5.91. The van der Waals surface area contributed by atoms with Crippen LogP contribution in [0.25, 0.3) is 0 Å². The second-order valence-electron chi connectivity index (χ2n) is 5.91. The highest BCUT2D eigenvalue weighted by molar-refractivity contribution is 5.76. The van der Waals surface area contributed by atoms with E-state index in [0.717, 1.165) is 26.1 Å². The molecule has 0 radical (unpaired) electrons. The van der Waals surface area contributed by atoms with E-state index in [1.807, 2.05) is 12.1 Å². The summed E-state index contributed by atoms with van der Waals surface area (Å²) in [6, 6.07) is 4.19. The minimum Gasteiger partial charge on any atom is -0.381 e. The fourth-order valence-corrected chi connectivity index (χ4v) is 2.50. The van der Waals surface area contributed by atoms with Crippen molar-refractivity contribution in [2.75, 3.05) is 13.2 Å². The molecule has 1 amide bonds. The van der Waals surface area contributed by atoms with Gasteiger partial charge in [-0.05, 0) is 42.4 Å². The lowest BCUT2D eigenvalue weighted by Gasteiger charge is -2.23. The first-order valence-electron chi connectivity index (χ1n) is 7.41. The summed E-state index contributed by atoms with van der Waals surface area (Å²) in [5, 5.41) is 3.18. The van der Waals surface area contributed by atoms with Gasteiger partial charge in [0.1, 0.15) is 0 Å². The molecule has 2 heterocycles. The monoisotopic (exact) mass is 278 g/mol. The number of pyridine rings is 1. The summed E-state index contributed by atoms with van der Waals surface area (Å²) in [6.45, 7) is 5.81. The van der Waals surface area contributed by atoms with Crippen LogP contribution < -0.4 is 5.32 Å². The summed E-state index contributed by atoms with van der Waals surface area (Å²) < 4.78 is 5.32. The van der Waals surface area contributed by atoms with E-state index in [4.69, 9.17) is 4.74 Å². The standard InChI is InChI=1S/C16H24N2O2.H2/c1-12(2)15(9-13-3-6-17-7-4-13)18-16(19)10-14-5-8-20-11-14;/h3-4,6-7,12,14-15H,5,8-11H2,1-2H3,(H,18,19);1H/t14?,15-;/m0./s1. The van der Waals surface area contributed by atoms with Gasteiger partial charge in [-0.3, -0.25) is 9.78 Å². The second kappa shape index (κ2) is 7.39. The number of carbonyl (C=O) groups is 1. The van der Waals surface area contributed by atoms with Gasteiger partial charge in [-0.2, -0.15) is 0 Å². The maximum absolute atomic E-state index is 12.1. The quantitative estimate of drug-likeness (QED) is 0.869. The van der Waals surface area contributed by atoms with Gasteiger partial charge >= 0.3 is 0 Å². The van der Waals surface area contributed by atoms with Crippen LogP contribution >= 0.6 is 0 Å². The Morgan fingerprint density at radius 3 is 2.85 bits per heavy atom. The number of aromatic nitrogens is 1. The van der Waals surface area contributed by atoms with Gasteiger partial charge in [-0.1, -0.05) is 13.8 Å². The maximum Gasteiger partial charge on any atom is 0.220 e. The molecule has 0 bridgehead atoms. The van der Waals surface area contributed by atoms with Crippen molar-refractivity contribution in [3.63, 3.8) is 0 Å². The molecule has 2 rings (SSSR count). The molecule has 1 N–H and O–H groups in total. The zero-order valence-corrected chi connectivity index (χ0v) is 12.3. The summed E-state index contributed by atoms with van der Waals surface area (Å²) in [6.07, 6.45) is 6.03. The molecular formula is C16H26N2O2. The van der Waals surface area contributed by atoms with Crippen molar-refractivity contribution in [3.8, 4) is 0 Å². The number of nitrogens with one attached hydrogen (secondary N) is 1. The average molecular weight is 278 g/mol. The van der Waals surface area contributed by atoms with E-state index < -0.39 is 0 Å². The number of hydrogen-bond acceptors (Lipinski definition) is 3. The zero-order valence-electron chi connectivity index (χ0n) is 12.3. The Hall–Kier alpha value is -1.42. The topological polar surface area (TPSA) is 51.2 Å². The van der Waals surface area contributed by atoms with E-state index in [9.17, 15) is 4.79 Å². The molecule has 112 valence electrons. The van der Waals surface area contributed by atoms with Crippen LogP contribution in [0, 0.1) is 11.8 Å². The Morgan fingerprint density at radius 2 is 2.25 bits per heavy atom. The fraction of sp³-hybridized carbons (Fsp3) is 0.625. The molecule has 2 atom stereocenters. The van der Waals surface area contributed by atoms with Crippen LogP contribution in [0.3, 0.4) is 0 Å². The van der Waals surface area contributed by atoms with E-state index in [-0.39, 0.29) is 13.4 Å². The molecule has 0 aromatic carbocycles. The lowest BCUT2D eigenvalue weighted by molar-refractivity contribution is -0.123. The molecule has 1 aromatic rings. The highest BCUT2D eigenvalue weighted by atomic mass is 16.5. The van der Waals surface area contributed by atoms with Gasteiger partial charge in [-0.15, -0.1) is 0 Å². The summed E-state index contributed by atoms with van der Waals surface area (Å²) >= 11 is 0. The van der Waals surface area contributed by atoms with Gasteiger partial charge in [-0.25, -0.2) is 0 Å². The fourth-order valence-electron chi connectivity index (χ4n) is 2.50. The highest BCUT2D eigenvalue weighted by Crippen LogP contribution is 2.17. The Kier molecular flexibility index (Phi) is 5.53. The Labute approximate surface area is 122 Å². The van der Waals surface area contributed by atoms with Gasteiger partial charge in [0.2, 0.25) is 5.91 Å². The van der Waals surface area contributed by atoms with Gasteiger partial charge in [0.25, 0.3) is 0 Å². The zero-order chi connectivity index (χ0) is 14.4. The Morgan fingerprint density at radius 1 is 1.50 bits per heavy atom. The predicted molar refractivity (Wildman–Crippen MR) is 80.4 cm³/mol. The predicted octanol–water partition coefficient (Wildman–Crippen LogP) is 2.44. The summed E-state index contributed by atoms with van der Waals surface area (Å²) in [5.74, 6) is 0.948. The number of amides is 1. The first-order valence-corrected chi connectivity index (χ1v) is 7.41. The largest absolute Gasteiger partial charge is 0.381 e. The SMILES string of the molecule is CC(C)[C@H](Cc1ccncc1)NC(=O)CC1CCOC1.[HH]. The van der Waals surface area contributed by atoms with Crippen LogP contribution in [0.5, 0.6) is 0 Å². The lowest BCUT2D eigenvalue weighted by atomic mass is 9.96. The number of carbonyl (C=O) groups excluding carboxylic acids is 1. The van der Waals surface area contributed by atoms with Crippen molar-refractivity contribution in [2.24, 2.45) is 11.8 Å². The Bertz CT molecular complexity index is 420. The van der Waals surface area contributed by atoms with Gasteiger partial charge in [0.05, 0.1) is 0 Å². The highest BCUT2D eigenvalue weighted by Gasteiger charge is 2.22. The number of nitrogens with zero attached hydrogens (tertiary/aromatic N) is 1. The number of hydrogen-bond donors (Lipinski definition) is 1. The molecule has 0 spiro atoms. The van der Waals surface area contributed by atoms with Crippen molar-refractivity contribution in [1.29, 1.82) is 0 Å². The van der Waals surface area contributed by atoms with Gasteiger partial charge in [0, 0.05) is 39.5 Å². The van der Waals surface area contributed by atoms with Gasteiger partial charge < -0.3 is 10.1 Å². The Balaban J connectivity index is 0.00000220. The molecule has 4 nitrogen and oxygen atoms in total. The maximum atomic E-state index is 12.1. The molecule has 20 heavy (non-hydrogen) atoms. The van der Waals surface area contributed by atoms with Crippen molar-refractivity contribution in [1.82, 2.24) is 10.3 Å². The van der Waals surface area contributed by atoms with Crippen LogP contribution in [-0.2, 0) is 16.0 Å². The van der Waals surface area contributed by atoms with E-state index in [1.54, 1.807) is 12.4 Å². The molecular weight excluding hydrogens is 252 g/mol. The van der Waals surface area contributed by atoms with Gasteiger partial charge in [0.15, 0.2) is 0 Å². The van der Waals surface area contributed by atoms with Crippen molar-refractivity contribution >= 4 is 5.91 Å². The molecule has 1 fully saturated rings. The molecule has 1 aromatic heterocycles. The minimum atomic E-state index is 0. The molecule has 1 saturated heterocycles. The van der Waals surface area contributed by atoms with Crippen molar-refractivity contribution < 1.29 is 11.0 Å². The number of ether oxygens (including phenoxy) is 1. The minimum absolute atomic E-state index is 0. The average Bonchev–Trinajstić information content (AvgIpc) is 2.92. The molecule has 0 saturated carbocycles. The molecule has 4 heteroatoms. The smallest absolute Gasteiger partial charge is 0.220 e. The van der Waals surface area contributed by atoms with Crippen molar-refractivity contribution in [3.05, 3.63) is 30.1 Å². The van der Waals surface area contributed by atoms with E-state index in [1.165, 1.54) is 5.56 Å². The van der Waals surface area contributed by atoms with Crippen LogP contribution in [0.4, 0.5) is 0 Å². The van der Waals surface area contributed by atoms with Crippen LogP contribution in [0.1, 0.15) is 33.7 Å². The summed E-state index contributed by atoms with van der Waals surface area (Å²) in [5.41, 5.74) is 1.21. The van der Waals surface area contributed by atoms with E-state index >= 15 is 0 Å². The summed E-state index contributed by atoms with van der Waals surface area (Å²) in [4.78, 5) is 16.2. The van der Waals surface area contributed by atoms with E-state index in [2.05, 4.69) is 24.1 Å². The third kappa shape index (κ3) is 4.60. The van der Waals surface area contributed by atoms with Crippen LogP contribution in [0.15, 0.2) is 24.5 Å². The van der Waals surface area contributed by atoms with Crippen LogP contribution in [-0.4, -0.2) is 30.1 Å². The first-order chi connectivity index (χ1) is 9.65. The lowest BCUT2D eigenvalue weighted by Crippen LogP contribution is -2.40. The van der Waals surface area contributed by atoms with E-state index in [0.29, 0.717) is 18.3 Å². The molecule has 1 aliphatic heterocycles. The third-order valence-corrected chi connectivity index (χ3v) is 3.85. The molecule has 1 unspecified atom stereocenters. The summed E-state index contributed by atoms with van der Waals surface area (Å²) in [7, 11) is 0. The first kappa shape index (κ1) is 15.0. The normalized spacial score (nSPS) is 20.1. The number of rotatable bonds is 6. The van der Waals surface area contributed by atoms with Crippen molar-refractivity contribution in [2.45, 2.75) is 39.2 Å². The molecule has 0 aliphatic carbocycles.